The van der Waals surface area contributed by atoms with Crippen molar-refractivity contribution < 1.29 is 13.2 Å². The molecule has 0 aromatic heterocycles. The van der Waals surface area contributed by atoms with Crippen LogP contribution in [-0.2, 0) is 9.05 Å². The Labute approximate surface area is 132 Å². The van der Waals surface area contributed by atoms with E-state index in [1.54, 1.807) is 24.9 Å². The topological polar surface area (TPSA) is 54.5 Å². The van der Waals surface area contributed by atoms with Crippen molar-refractivity contribution in [1.29, 1.82) is 0 Å². The standard InChI is InChI=1S/C13H17BrClNO3S/c1-4-5-6-16(3)13(17)11-7-10(14)8-12(9(11)2)20(15,18)19/h7-8H,4-6H2,1-3H3. The number of unbranched alkanes of at least 4 members (excludes halogenated alkanes) is 1. The van der Waals surface area contributed by atoms with Gasteiger partial charge in [0.1, 0.15) is 0 Å². The number of halogens is 2. The Morgan fingerprint density at radius 3 is 2.50 bits per heavy atom. The number of rotatable bonds is 5. The van der Waals surface area contributed by atoms with Gasteiger partial charge >= 0.3 is 0 Å². The minimum Gasteiger partial charge on any atom is -0.342 e. The highest BCUT2D eigenvalue weighted by molar-refractivity contribution is 9.10. The summed E-state index contributed by atoms with van der Waals surface area (Å²) in [4.78, 5) is 13.9. The average molecular weight is 383 g/mol. The maximum absolute atomic E-state index is 12.4. The molecule has 0 heterocycles. The second-order valence-corrected chi connectivity index (χ2v) is 8.04. The third-order valence-corrected chi connectivity index (χ3v) is 4.92. The van der Waals surface area contributed by atoms with Gasteiger partial charge in [-0.05, 0) is 31.0 Å². The van der Waals surface area contributed by atoms with E-state index in [2.05, 4.69) is 15.9 Å². The normalized spacial score (nSPS) is 11.4. The van der Waals surface area contributed by atoms with Crippen molar-refractivity contribution in [3.63, 3.8) is 0 Å². The molecule has 20 heavy (non-hydrogen) atoms. The Hall–Kier alpha value is -0.590. The lowest BCUT2D eigenvalue weighted by atomic mass is 10.1. The zero-order valence-electron chi connectivity index (χ0n) is 11.6. The van der Waals surface area contributed by atoms with Gasteiger partial charge in [0, 0.05) is 34.3 Å². The molecule has 0 aliphatic carbocycles. The number of carbonyl (C=O) groups excluding carboxylic acids is 1. The lowest BCUT2D eigenvalue weighted by Crippen LogP contribution is -2.28. The summed E-state index contributed by atoms with van der Waals surface area (Å²) in [6.45, 7) is 4.26. The smallest absolute Gasteiger partial charge is 0.261 e. The van der Waals surface area contributed by atoms with E-state index in [9.17, 15) is 13.2 Å². The molecule has 0 bridgehead atoms. The maximum Gasteiger partial charge on any atom is 0.261 e. The van der Waals surface area contributed by atoms with Crippen molar-refractivity contribution in [3.8, 4) is 0 Å². The molecule has 0 N–H and O–H groups in total. The molecule has 0 unspecified atom stereocenters. The van der Waals surface area contributed by atoms with Crippen molar-refractivity contribution in [2.45, 2.75) is 31.6 Å². The van der Waals surface area contributed by atoms with Crippen LogP contribution >= 0.6 is 26.6 Å². The van der Waals surface area contributed by atoms with Gasteiger partial charge in [0.15, 0.2) is 0 Å². The lowest BCUT2D eigenvalue weighted by Gasteiger charge is -2.19. The molecule has 1 amide bonds. The summed E-state index contributed by atoms with van der Waals surface area (Å²) in [7, 11) is 3.22. The van der Waals surface area contributed by atoms with Crippen molar-refractivity contribution in [2.24, 2.45) is 0 Å². The highest BCUT2D eigenvalue weighted by Crippen LogP contribution is 2.27. The second-order valence-electron chi connectivity index (χ2n) is 4.59. The van der Waals surface area contributed by atoms with Gasteiger partial charge in [-0.3, -0.25) is 4.79 Å². The van der Waals surface area contributed by atoms with E-state index >= 15 is 0 Å². The highest BCUT2D eigenvalue weighted by atomic mass is 79.9. The first-order valence-corrected chi connectivity index (χ1v) is 9.29. The summed E-state index contributed by atoms with van der Waals surface area (Å²) < 4.78 is 23.6. The Balaban J connectivity index is 3.26. The van der Waals surface area contributed by atoms with E-state index in [4.69, 9.17) is 10.7 Å². The van der Waals surface area contributed by atoms with Gasteiger partial charge in [-0.1, -0.05) is 29.3 Å². The lowest BCUT2D eigenvalue weighted by molar-refractivity contribution is 0.0792. The highest BCUT2D eigenvalue weighted by Gasteiger charge is 2.22. The monoisotopic (exact) mass is 381 g/mol. The summed E-state index contributed by atoms with van der Waals surface area (Å²) in [6.07, 6.45) is 1.88. The summed E-state index contributed by atoms with van der Waals surface area (Å²) >= 11 is 3.22. The molecule has 1 aromatic rings. The van der Waals surface area contributed by atoms with Crippen molar-refractivity contribution in [2.75, 3.05) is 13.6 Å². The number of hydrogen-bond acceptors (Lipinski definition) is 3. The molecule has 0 aliphatic heterocycles. The minimum atomic E-state index is -3.88. The Kier molecular flexibility index (Phi) is 6.04. The molecule has 4 nitrogen and oxygen atoms in total. The van der Waals surface area contributed by atoms with Crippen molar-refractivity contribution in [3.05, 3.63) is 27.7 Å². The number of nitrogens with zero attached hydrogens (tertiary/aromatic N) is 1. The molecule has 0 saturated heterocycles. The van der Waals surface area contributed by atoms with Crippen LogP contribution in [0.25, 0.3) is 0 Å². The minimum absolute atomic E-state index is 0.0409. The largest absolute Gasteiger partial charge is 0.342 e. The third-order valence-electron chi connectivity index (χ3n) is 3.01. The van der Waals surface area contributed by atoms with Crippen LogP contribution in [0.5, 0.6) is 0 Å². The number of amides is 1. The third kappa shape index (κ3) is 4.20. The van der Waals surface area contributed by atoms with E-state index < -0.39 is 9.05 Å². The summed E-state index contributed by atoms with van der Waals surface area (Å²) in [6, 6.07) is 3.02. The van der Waals surface area contributed by atoms with Crippen LogP contribution in [0.4, 0.5) is 0 Å². The molecule has 0 radical (unpaired) electrons. The fourth-order valence-corrected chi connectivity index (χ4v) is 3.67. The molecule has 0 atom stereocenters. The number of hydrogen-bond donors (Lipinski definition) is 0. The first-order valence-electron chi connectivity index (χ1n) is 6.18. The van der Waals surface area contributed by atoms with Gasteiger partial charge in [-0.2, -0.15) is 0 Å². The van der Waals surface area contributed by atoms with Crippen LogP contribution in [0.3, 0.4) is 0 Å². The Morgan fingerprint density at radius 1 is 1.40 bits per heavy atom. The first-order chi connectivity index (χ1) is 9.18. The van der Waals surface area contributed by atoms with Crippen LogP contribution in [0.1, 0.15) is 35.7 Å². The van der Waals surface area contributed by atoms with Crippen LogP contribution in [-0.4, -0.2) is 32.8 Å². The van der Waals surface area contributed by atoms with Crippen LogP contribution in [0, 0.1) is 6.92 Å². The Morgan fingerprint density at radius 2 is 2.00 bits per heavy atom. The van der Waals surface area contributed by atoms with E-state index in [1.807, 2.05) is 6.92 Å². The fourth-order valence-electron chi connectivity index (χ4n) is 1.83. The predicted octanol–water partition coefficient (Wildman–Crippen LogP) is 3.56. The van der Waals surface area contributed by atoms with E-state index in [0.29, 0.717) is 22.1 Å². The average Bonchev–Trinajstić information content (AvgIpc) is 2.36. The Bertz CT molecular complexity index is 616. The molecular formula is C13H17BrClNO3S. The van der Waals surface area contributed by atoms with E-state index in [0.717, 1.165) is 12.8 Å². The molecule has 1 aromatic carbocycles. The predicted molar refractivity (Wildman–Crippen MR) is 83.8 cm³/mol. The van der Waals surface area contributed by atoms with Crippen molar-refractivity contribution in [1.82, 2.24) is 4.90 Å². The fraction of sp³-hybridized carbons (Fsp3) is 0.462. The van der Waals surface area contributed by atoms with Gasteiger partial charge < -0.3 is 4.90 Å². The molecule has 112 valence electrons. The van der Waals surface area contributed by atoms with Gasteiger partial charge in [0.2, 0.25) is 0 Å². The van der Waals surface area contributed by atoms with E-state index in [-0.39, 0.29) is 10.8 Å². The molecule has 0 aliphatic rings. The molecule has 1 rings (SSSR count). The molecule has 7 heteroatoms. The maximum atomic E-state index is 12.4. The summed E-state index contributed by atoms with van der Waals surface area (Å²) in [5.74, 6) is -0.209. The number of carbonyl (C=O) groups is 1. The second kappa shape index (κ2) is 6.91. The summed E-state index contributed by atoms with van der Waals surface area (Å²) in [5.41, 5.74) is 0.716. The van der Waals surface area contributed by atoms with Crippen molar-refractivity contribution >= 4 is 41.6 Å². The molecule has 0 saturated carbocycles. The number of benzene rings is 1. The molecule has 0 spiro atoms. The molecular weight excluding hydrogens is 366 g/mol. The van der Waals surface area contributed by atoms with Gasteiger partial charge in [-0.15, -0.1) is 0 Å². The zero-order valence-corrected chi connectivity index (χ0v) is 14.8. The SMILES string of the molecule is CCCCN(C)C(=O)c1cc(Br)cc(S(=O)(=O)Cl)c1C. The van der Waals surface area contributed by atoms with E-state index in [1.165, 1.54) is 6.07 Å². The van der Waals surface area contributed by atoms with Crippen LogP contribution in [0.15, 0.2) is 21.5 Å². The van der Waals surface area contributed by atoms with Gasteiger partial charge in [0.05, 0.1) is 4.90 Å². The van der Waals surface area contributed by atoms with Gasteiger partial charge in [0.25, 0.3) is 15.0 Å². The first kappa shape index (κ1) is 17.5. The summed E-state index contributed by atoms with van der Waals surface area (Å²) in [5, 5.41) is 0. The van der Waals surface area contributed by atoms with Gasteiger partial charge in [-0.25, -0.2) is 8.42 Å². The zero-order chi connectivity index (χ0) is 15.5. The quantitative estimate of drug-likeness (QED) is 0.732. The van der Waals surface area contributed by atoms with Crippen LogP contribution < -0.4 is 0 Å². The molecule has 0 fully saturated rings. The van der Waals surface area contributed by atoms with Crippen LogP contribution in [0.2, 0.25) is 0 Å².